The molecule has 6 nitrogen and oxygen atoms in total. The van der Waals surface area contributed by atoms with Crippen LogP contribution in [-0.4, -0.2) is 26.1 Å². The van der Waals surface area contributed by atoms with Gasteiger partial charge in [-0.3, -0.25) is 4.79 Å². The highest BCUT2D eigenvalue weighted by molar-refractivity contribution is 5.66. The molecule has 2 aromatic rings. The van der Waals surface area contributed by atoms with Crippen molar-refractivity contribution in [3.05, 3.63) is 42.0 Å². The summed E-state index contributed by atoms with van der Waals surface area (Å²) in [4.78, 5) is 10.4. The van der Waals surface area contributed by atoms with Crippen molar-refractivity contribution >= 4 is 5.97 Å². The summed E-state index contributed by atoms with van der Waals surface area (Å²) in [6.45, 7) is -0.102. The fourth-order valence-corrected chi connectivity index (χ4v) is 1.31. The maximum absolute atomic E-state index is 12.6. The molecule has 1 aromatic heterocycles. The predicted octanol–water partition coefficient (Wildman–Crippen LogP) is 1.08. The molecule has 0 radical (unpaired) electrons. The molecule has 0 aliphatic rings. The zero-order chi connectivity index (χ0) is 13.0. The second-order valence-electron chi connectivity index (χ2n) is 3.54. The Bertz CT molecular complexity index is 539. The highest BCUT2D eigenvalue weighted by Crippen LogP contribution is 2.12. The predicted molar refractivity (Wildman–Crippen MR) is 58.4 cm³/mol. The van der Waals surface area contributed by atoms with Gasteiger partial charge in [0.25, 0.3) is 0 Å². The normalized spacial score (nSPS) is 10.3. The van der Waals surface area contributed by atoms with E-state index in [4.69, 9.17) is 9.84 Å². The lowest BCUT2D eigenvalue weighted by atomic mass is 10.3. The standard InChI is InChI=1S/C11H10FN3O3/c12-8-1-3-10(4-2-8)18-7-9-5-15(14-13-9)6-11(16)17/h1-5H,6-7H2,(H,16,17). The fraction of sp³-hybridized carbons (Fsp3) is 0.182. The largest absolute Gasteiger partial charge is 0.487 e. The van der Waals surface area contributed by atoms with E-state index in [2.05, 4.69) is 10.3 Å². The minimum atomic E-state index is -0.995. The van der Waals surface area contributed by atoms with Crippen molar-refractivity contribution in [3.63, 3.8) is 0 Å². The van der Waals surface area contributed by atoms with Gasteiger partial charge in [-0.15, -0.1) is 5.10 Å². The minimum Gasteiger partial charge on any atom is -0.487 e. The molecule has 0 saturated carbocycles. The Labute approximate surface area is 102 Å². The number of benzene rings is 1. The first kappa shape index (κ1) is 12.0. The zero-order valence-electron chi connectivity index (χ0n) is 9.28. The van der Waals surface area contributed by atoms with Crippen molar-refractivity contribution in [2.24, 2.45) is 0 Å². The SMILES string of the molecule is O=C(O)Cn1cc(COc2ccc(F)cc2)nn1. The van der Waals surface area contributed by atoms with Crippen molar-refractivity contribution < 1.29 is 19.0 Å². The van der Waals surface area contributed by atoms with Crippen molar-refractivity contribution in [1.29, 1.82) is 0 Å². The molecule has 0 fully saturated rings. The number of carboxylic acid groups (broad SMARTS) is 1. The third-order valence-electron chi connectivity index (χ3n) is 2.08. The maximum atomic E-state index is 12.6. The summed E-state index contributed by atoms with van der Waals surface area (Å²) in [5.41, 5.74) is 0.501. The molecule has 1 heterocycles. The summed E-state index contributed by atoms with van der Waals surface area (Å²) < 4.78 is 19.2. The number of nitrogens with zero attached hydrogens (tertiary/aromatic N) is 3. The highest BCUT2D eigenvalue weighted by atomic mass is 19.1. The molecular weight excluding hydrogens is 241 g/mol. The van der Waals surface area contributed by atoms with Crippen LogP contribution in [0.25, 0.3) is 0 Å². The number of aromatic nitrogens is 3. The topological polar surface area (TPSA) is 77.2 Å². The molecule has 0 aliphatic carbocycles. The fourth-order valence-electron chi connectivity index (χ4n) is 1.31. The molecule has 0 atom stereocenters. The van der Waals surface area contributed by atoms with E-state index in [0.717, 1.165) is 0 Å². The highest BCUT2D eigenvalue weighted by Gasteiger charge is 2.05. The molecule has 0 saturated heterocycles. The summed E-state index contributed by atoms with van der Waals surface area (Å²) >= 11 is 0. The average molecular weight is 251 g/mol. The maximum Gasteiger partial charge on any atom is 0.325 e. The van der Waals surface area contributed by atoms with Crippen LogP contribution in [0.4, 0.5) is 4.39 Å². The molecule has 1 N–H and O–H groups in total. The molecule has 18 heavy (non-hydrogen) atoms. The van der Waals surface area contributed by atoms with Crippen LogP contribution in [0.5, 0.6) is 5.75 Å². The van der Waals surface area contributed by atoms with Crippen LogP contribution >= 0.6 is 0 Å². The van der Waals surface area contributed by atoms with Crippen LogP contribution in [0.1, 0.15) is 5.69 Å². The van der Waals surface area contributed by atoms with Gasteiger partial charge in [0.1, 0.15) is 30.4 Å². The minimum absolute atomic E-state index is 0.144. The number of carboxylic acids is 1. The molecule has 0 unspecified atom stereocenters. The molecule has 0 aliphatic heterocycles. The Balaban J connectivity index is 1.92. The number of aliphatic carboxylic acids is 1. The Hall–Kier alpha value is -2.44. The van der Waals surface area contributed by atoms with Gasteiger partial charge < -0.3 is 9.84 Å². The second kappa shape index (κ2) is 5.26. The van der Waals surface area contributed by atoms with Crippen LogP contribution in [-0.2, 0) is 17.9 Å². The van der Waals surface area contributed by atoms with Crippen LogP contribution < -0.4 is 4.74 Å². The van der Waals surface area contributed by atoms with Crippen molar-refractivity contribution in [3.8, 4) is 5.75 Å². The average Bonchev–Trinajstić information content (AvgIpc) is 2.75. The first-order valence-electron chi connectivity index (χ1n) is 5.12. The third kappa shape index (κ3) is 3.27. The molecule has 2 rings (SSSR count). The van der Waals surface area contributed by atoms with E-state index in [1.54, 1.807) is 0 Å². The van der Waals surface area contributed by atoms with E-state index >= 15 is 0 Å². The number of carbonyl (C=O) groups is 1. The quantitative estimate of drug-likeness (QED) is 0.860. The van der Waals surface area contributed by atoms with Crippen molar-refractivity contribution in [2.75, 3.05) is 0 Å². The van der Waals surface area contributed by atoms with Gasteiger partial charge in [-0.2, -0.15) is 0 Å². The Kier molecular flexibility index (Phi) is 3.52. The van der Waals surface area contributed by atoms with E-state index in [-0.39, 0.29) is 19.0 Å². The lowest BCUT2D eigenvalue weighted by molar-refractivity contribution is -0.137. The second-order valence-corrected chi connectivity index (χ2v) is 3.54. The van der Waals surface area contributed by atoms with Crippen LogP contribution in [0.3, 0.4) is 0 Å². The number of hydrogen-bond acceptors (Lipinski definition) is 4. The first-order valence-corrected chi connectivity index (χ1v) is 5.12. The van der Waals surface area contributed by atoms with Gasteiger partial charge in [0, 0.05) is 0 Å². The molecule has 0 bridgehead atoms. The van der Waals surface area contributed by atoms with E-state index in [1.165, 1.54) is 35.1 Å². The lowest BCUT2D eigenvalue weighted by Gasteiger charge is -2.02. The third-order valence-corrected chi connectivity index (χ3v) is 2.08. The van der Waals surface area contributed by atoms with Crippen LogP contribution in [0, 0.1) is 5.82 Å². The molecule has 94 valence electrons. The zero-order valence-corrected chi connectivity index (χ0v) is 9.28. The molecule has 0 spiro atoms. The lowest BCUT2D eigenvalue weighted by Crippen LogP contribution is -2.08. The Morgan fingerprint density at radius 1 is 1.39 bits per heavy atom. The van der Waals surface area contributed by atoms with E-state index in [1.807, 2.05) is 0 Å². The van der Waals surface area contributed by atoms with E-state index in [0.29, 0.717) is 11.4 Å². The van der Waals surface area contributed by atoms with Gasteiger partial charge in [0.2, 0.25) is 0 Å². The molecule has 1 aromatic carbocycles. The first-order chi connectivity index (χ1) is 8.63. The smallest absolute Gasteiger partial charge is 0.325 e. The molecule has 0 amide bonds. The number of halogens is 1. The van der Waals surface area contributed by atoms with Gasteiger partial charge in [0.15, 0.2) is 0 Å². The number of hydrogen-bond donors (Lipinski definition) is 1. The van der Waals surface area contributed by atoms with Gasteiger partial charge in [0.05, 0.1) is 6.20 Å². The van der Waals surface area contributed by atoms with Gasteiger partial charge in [-0.05, 0) is 24.3 Å². The number of rotatable bonds is 5. The summed E-state index contributed by atoms with van der Waals surface area (Å²) in [6.07, 6.45) is 1.48. The van der Waals surface area contributed by atoms with Crippen molar-refractivity contribution in [1.82, 2.24) is 15.0 Å². The van der Waals surface area contributed by atoms with Crippen molar-refractivity contribution in [2.45, 2.75) is 13.2 Å². The summed E-state index contributed by atoms with van der Waals surface area (Å²) in [5, 5.41) is 15.9. The number of ether oxygens (including phenoxy) is 1. The van der Waals surface area contributed by atoms with Crippen LogP contribution in [0.2, 0.25) is 0 Å². The Morgan fingerprint density at radius 2 is 2.11 bits per heavy atom. The summed E-state index contributed by atoms with van der Waals surface area (Å²) in [7, 11) is 0. The van der Waals surface area contributed by atoms with Gasteiger partial charge in [-0.25, -0.2) is 9.07 Å². The van der Waals surface area contributed by atoms with Gasteiger partial charge in [-0.1, -0.05) is 5.21 Å². The summed E-state index contributed by atoms with van der Waals surface area (Å²) in [6, 6.07) is 5.57. The molecule has 7 heteroatoms. The Morgan fingerprint density at radius 3 is 2.78 bits per heavy atom. The van der Waals surface area contributed by atoms with Crippen LogP contribution in [0.15, 0.2) is 30.5 Å². The summed E-state index contributed by atoms with van der Waals surface area (Å²) in [5.74, 6) is -0.829. The van der Waals surface area contributed by atoms with E-state index < -0.39 is 5.97 Å². The molecular formula is C11H10FN3O3. The monoisotopic (exact) mass is 251 g/mol. The van der Waals surface area contributed by atoms with Gasteiger partial charge >= 0.3 is 5.97 Å². The van der Waals surface area contributed by atoms with E-state index in [9.17, 15) is 9.18 Å².